The van der Waals surface area contributed by atoms with Crippen molar-refractivity contribution in [3.8, 4) is 11.5 Å². The van der Waals surface area contributed by atoms with E-state index in [1.807, 2.05) is 37.3 Å². The van der Waals surface area contributed by atoms with Crippen molar-refractivity contribution in [3.05, 3.63) is 65.2 Å². The molecule has 0 spiro atoms. The minimum absolute atomic E-state index is 0.173. The van der Waals surface area contributed by atoms with Crippen LogP contribution in [-0.4, -0.2) is 34.4 Å². The van der Waals surface area contributed by atoms with Crippen LogP contribution in [0.4, 0.5) is 5.13 Å². The van der Waals surface area contributed by atoms with Gasteiger partial charge in [-0.1, -0.05) is 36.5 Å². The van der Waals surface area contributed by atoms with Gasteiger partial charge in [0.05, 0.1) is 0 Å². The van der Waals surface area contributed by atoms with Crippen molar-refractivity contribution in [1.29, 1.82) is 0 Å². The molecular formula is C20H20N4O3S2. The summed E-state index contributed by atoms with van der Waals surface area (Å²) in [4.78, 5) is 12.3. The number of hydrogen-bond donors (Lipinski definition) is 2. The number of thiocarbonyl (C=S) groups is 1. The van der Waals surface area contributed by atoms with Gasteiger partial charge in [-0.2, -0.15) is 0 Å². The third-order valence-corrected chi connectivity index (χ3v) is 4.88. The summed E-state index contributed by atoms with van der Waals surface area (Å²) in [5, 5.41) is 15.1. The van der Waals surface area contributed by atoms with E-state index in [1.165, 1.54) is 11.3 Å². The first kappa shape index (κ1) is 20.7. The van der Waals surface area contributed by atoms with Crippen molar-refractivity contribution in [2.45, 2.75) is 13.3 Å². The average Bonchev–Trinajstić information content (AvgIpc) is 3.19. The summed E-state index contributed by atoms with van der Waals surface area (Å²) >= 11 is 6.55. The average molecular weight is 429 g/mol. The van der Waals surface area contributed by atoms with Gasteiger partial charge in [-0.3, -0.25) is 10.1 Å². The highest BCUT2D eigenvalue weighted by Crippen LogP contribution is 2.16. The van der Waals surface area contributed by atoms with Crippen molar-refractivity contribution in [2.24, 2.45) is 0 Å². The van der Waals surface area contributed by atoms with Gasteiger partial charge in [0.1, 0.15) is 29.7 Å². The van der Waals surface area contributed by atoms with Gasteiger partial charge in [-0.05, 0) is 55.0 Å². The Bertz CT molecular complexity index is 946. The number of aromatic nitrogens is 2. The van der Waals surface area contributed by atoms with E-state index in [-0.39, 0.29) is 11.0 Å². The molecule has 0 radical (unpaired) electrons. The Hall–Kier alpha value is -3.04. The van der Waals surface area contributed by atoms with Gasteiger partial charge in [-0.25, -0.2) is 0 Å². The minimum Gasteiger partial charge on any atom is -0.490 e. The Morgan fingerprint density at radius 3 is 2.28 bits per heavy atom. The molecule has 0 unspecified atom stereocenters. The molecule has 0 saturated heterocycles. The summed E-state index contributed by atoms with van der Waals surface area (Å²) in [6.45, 7) is 2.82. The van der Waals surface area contributed by atoms with Gasteiger partial charge in [0, 0.05) is 5.56 Å². The largest absolute Gasteiger partial charge is 0.490 e. The number of aryl methyl sites for hydroxylation is 1. The lowest BCUT2D eigenvalue weighted by atomic mass is 10.2. The number of amides is 1. The number of hydrogen-bond acceptors (Lipinski definition) is 7. The van der Waals surface area contributed by atoms with E-state index in [0.29, 0.717) is 29.7 Å². The number of anilines is 1. The van der Waals surface area contributed by atoms with Crippen molar-refractivity contribution < 1.29 is 14.3 Å². The van der Waals surface area contributed by atoms with Crippen LogP contribution in [-0.2, 0) is 6.42 Å². The summed E-state index contributed by atoms with van der Waals surface area (Å²) in [6.07, 6.45) is 0.797. The third kappa shape index (κ3) is 6.51. The Labute approximate surface area is 178 Å². The fourth-order valence-electron chi connectivity index (χ4n) is 2.29. The highest BCUT2D eigenvalue weighted by atomic mass is 32.1. The first-order chi connectivity index (χ1) is 14.1. The van der Waals surface area contributed by atoms with Crippen molar-refractivity contribution >= 4 is 39.7 Å². The topological polar surface area (TPSA) is 85.4 Å². The molecule has 2 N–H and O–H groups in total. The highest BCUT2D eigenvalue weighted by molar-refractivity contribution is 7.80. The second-order valence-corrected chi connectivity index (χ2v) is 7.27. The van der Waals surface area contributed by atoms with E-state index in [4.69, 9.17) is 21.7 Å². The molecule has 1 amide bonds. The maximum absolute atomic E-state index is 12.3. The second kappa shape index (κ2) is 10.5. The normalized spacial score (nSPS) is 10.2. The van der Waals surface area contributed by atoms with Gasteiger partial charge >= 0.3 is 0 Å². The van der Waals surface area contributed by atoms with Crippen LogP contribution in [0.2, 0.25) is 0 Å². The molecule has 9 heteroatoms. The van der Waals surface area contributed by atoms with Crippen LogP contribution in [0.15, 0.2) is 54.6 Å². The van der Waals surface area contributed by atoms with Crippen LogP contribution < -0.4 is 20.1 Å². The molecule has 1 heterocycles. The van der Waals surface area contributed by atoms with E-state index >= 15 is 0 Å². The number of ether oxygens (including phenoxy) is 2. The molecule has 1 aromatic heterocycles. The van der Waals surface area contributed by atoms with E-state index in [1.54, 1.807) is 24.3 Å². The molecule has 3 rings (SSSR count). The fourth-order valence-corrected chi connectivity index (χ4v) is 3.23. The van der Waals surface area contributed by atoms with Crippen LogP contribution in [0.1, 0.15) is 22.3 Å². The first-order valence-electron chi connectivity index (χ1n) is 8.99. The number of nitrogens with one attached hydrogen (secondary N) is 2. The Balaban J connectivity index is 1.42. The van der Waals surface area contributed by atoms with Crippen LogP contribution in [0.3, 0.4) is 0 Å². The molecule has 0 bridgehead atoms. The predicted molar refractivity (Wildman–Crippen MR) is 117 cm³/mol. The molecule has 2 aromatic carbocycles. The molecule has 0 atom stereocenters. The first-order valence-corrected chi connectivity index (χ1v) is 10.2. The number of nitrogens with zero attached hydrogens (tertiary/aromatic N) is 2. The standard InChI is InChI=1S/C20H20N4O3S2/c1-2-17-23-24-20(29-17)22-19(28)21-18(25)14-8-10-16(11-9-14)27-13-12-26-15-6-4-3-5-7-15/h3-11H,2,12-13H2,1H3,(H2,21,22,24,25,28). The predicted octanol–water partition coefficient (Wildman–Crippen LogP) is 3.69. The molecule has 0 saturated carbocycles. The summed E-state index contributed by atoms with van der Waals surface area (Å²) in [6, 6.07) is 16.3. The Kier molecular flexibility index (Phi) is 7.48. The van der Waals surface area contributed by atoms with E-state index < -0.39 is 0 Å². The molecule has 0 aliphatic heterocycles. The number of para-hydroxylation sites is 1. The second-order valence-electron chi connectivity index (χ2n) is 5.80. The Morgan fingerprint density at radius 1 is 1.00 bits per heavy atom. The quantitative estimate of drug-likeness (QED) is 0.418. The highest BCUT2D eigenvalue weighted by Gasteiger charge is 2.10. The lowest BCUT2D eigenvalue weighted by molar-refractivity contribution is 0.0977. The van der Waals surface area contributed by atoms with Crippen molar-refractivity contribution in [2.75, 3.05) is 18.5 Å². The SMILES string of the molecule is CCc1nnc(NC(=S)NC(=O)c2ccc(OCCOc3ccccc3)cc2)s1. The monoisotopic (exact) mass is 428 g/mol. The minimum atomic E-state index is -0.318. The zero-order valence-corrected chi connectivity index (χ0v) is 17.4. The summed E-state index contributed by atoms with van der Waals surface area (Å²) in [5.41, 5.74) is 0.466. The summed E-state index contributed by atoms with van der Waals surface area (Å²) in [5.74, 6) is 1.13. The van der Waals surface area contributed by atoms with E-state index in [0.717, 1.165) is 17.2 Å². The van der Waals surface area contributed by atoms with Crippen LogP contribution in [0.25, 0.3) is 0 Å². The zero-order chi connectivity index (χ0) is 20.5. The van der Waals surface area contributed by atoms with E-state index in [9.17, 15) is 4.79 Å². The zero-order valence-electron chi connectivity index (χ0n) is 15.8. The number of carbonyl (C=O) groups is 1. The molecular weight excluding hydrogens is 408 g/mol. The summed E-state index contributed by atoms with van der Waals surface area (Å²) in [7, 11) is 0. The lowest BCUT2D eigenvalue weighted by Crippen LogP contribution is -2.34. The van der Waals surface area contributed by atoms with Crippen LogP contribution >= 0.6 is 23.6 Å². The van der Waals surface area contributed by atoms with Gasteiger partial charge < -0.3 is 14.8 Å². The smallest absolute Gasteiger partial charge is 0.257 e. The maximum Gasteiger partial charge on any atom is 0.257 e. The molecule has 0 aliphatic carbocycles. The van der Waals surface area contributed by atoms with Gasteiger partial charge in [0.2, 0.25) is 5.13 Å². The van der Waals surface area contributed by atoms with Gasteiger partial charge in [-0.15, -0.1) is 10.2 Å². The molecule has 7 nitrogen and oxygen atoms in total. The van der Waals surface area contributed by atoms with Crippen molar-refractivity contribution in [1.82, 2.24) is 15.5 Å². The third-order valence-electron chi connectivity index (χ3n) is 3.70. The molecule has 0 aliphatic rings. The molecule has 29 heavy (non-hydrogen) atoms. The lowest BCUT2D eigenvalue weighted by Gasteiger charge is -2.09. The van der Waals surface area contributed by atoms with Crippen LogP contribution in [0, 0.1) is 0 Å². The van der Waals surface area contributed by atoms with Crippen molar-refractivity contribution in [3.63, 3.8) is 0 Å². The molecule has 3 aromatic rings. The summed E-state index contributed by atoms with van der Waals surface area (Å²) < 4.78 is 11.2. The maximum atomic E-state index is 12.3. The van der Waals surface area contributed by atoms with E-state index in [2.05, 4.69) is 20.8 Å². The van der Waals surface area contributed by atoms with Crippen LogP contribution in [0.5, 0.6) is 11.5 Å². The van der Waals surface area contributed by atoms with Gasteiger partial charge in [0.25, 0.3) is 5.91 Å². The number of benzene rings is 2. The molecule has 150 valence electrons. The number of rotatable bonds is 8. The number of carbonyl (C=O) groups excluding carboxylic acids is 1. The van der Waals surface area contributed by atoms with Gasteiger partial charge in [0.15, 0.2) is 5.11 Å². The molecule has 0 fully saturated rings. The fraction of sp³-hybridized carbons (Fsp3) is 0.200. The Morgan fingerprint density at radius 2 is 1.66 bits per heavy atom.